The molecule has 0 bridgehead atoms. The third-order valence-electron chi connectivity index (χ3n) is 6.75. The van der Waals surface area contributed by atoms with Crippen molar-refractivity contribution >= 4 is 27.5 Å². The van der Waals surface area contributed by atoms with E-state index in [1.165, 1.54) is 67.6 Å². The smallest absolute Gasteiger partial charge is 0.264 e. The van der Waals surface area contributed by atoms with Gasteiger partial charge in [-0.25, -0.2) is 12.8 Å². The number of ether oxygens (including phenoxy) is 1. The topological polar surface area (TPSA) is 96.0 Å². The van der Waals surface area contributed by atoms with Crippen molar-refractivity contribution in [2.45, 2.75) is 23.9 Å². The lowest BCUT2D eigenvalue weighted by Gasteiger charge is -2.33. The van der Waals surface area contributed by atoms with Gasteiger partial charge in [0.15, 0.2) is 0 Å². The highest BCUT2D eigenvalue weighted by atomic mass is 32.2. The fourth-order valence-electron chi connectivity index (χ4n) is 4.51. The Morgan fingerprint density at radius 1 is 0.833 bits per heavy atom. The van der Waals surface area contributed by atoms with E-state index in [0.29, 0.717) is 11.3 Å². The lowest BCUT2D eigenvalue weighted by molar-refractivity contribution is -0.139. The number of rotatable bonds is 12. The van der Waals surface area contributed by atoms with Gasteiger partial charge in [-0.1, -0.05) is 60.7 Å². The van der Waals surface area contributed by atoms with Crippen LogP contribution in [0.5, 0.6) is 5.75 Å². The molecule has 1 N–H and O–H groups in total. The Bertz CT molecular complexity index is 1580. The summed E-state index contributed by atoms with van der Waals surface area (Å²) in [6, 6.07) is 28.0. The minimum absolute atomic E-state index is 0.0304. The Labute approximate surface area is 245 Å². The van der Waals surface area contributed by atoms with Gasteiger partial charge in [0.2, 0.25) is 11.8 Å². The van der Waals surface area contributed by atoms with Crippen LogP contribution in [0.2, 0.25) is 0 Å². The Morgan fingerprint density at radius 3 is 2.00 bits per heavy atom. The van der Waals surface area contributed by atoms with Gasteiger partial charge in [0.05, 0.1) is 17.7 Å². The summed E-state index contributed by atoms with van der Waals surface area (Å²) in [5, 5.41) is 2.63. The number of hydrogen-bond acceptors (Lipinski definition) is 5. The second-order valence-corrected chi connectivity index (χ2v) is 11.4. The molecule has 0 aliphatic carbocycles. The van der Waals surface area contributed by atoms with Crippen molar-refractivity contribution in [3.8, 4) is 5.75 Å². The van der Waals surface area contributed by atoms with Crippen LogP contribution in [0, 0.1) is 5.82 Å². The molecule has 0 fully saturated rings. The molecule has 0 radical (unpaired) electrons. The fraction of sp³-hybridized carbons (Fsp3) is 0.188. The maximum Gasteiger partial charge on any atom is 0.264 e. The summed E-state index contributed by atoms with van der Waals surface area (Å²) in [6.07, 6.45) is 0.185. The number of methoxy groups -OCH3 is 1. The average Bonchev–Trinajstić information content (AvgIpc) is 3.02. The molecular formula is C32H32FN3O5S. The molecule has 2 amide bonds. The van der Waals surface area contributed by atoms with Crippen LogP contribution >= 0.6 is 0 Å². The molecule has 4 aromatic rings. The van der Waals surface area contributed by atoms with Crippen LogP contribution in [-0.2, 0) is 32.6 Å². The van der Waals surface area contributed by atoms with Gasteiger partial charge >= 0.3 is 0 Å². The maximum atomic E-state index is 14.2. The van der Waals surface area contributed by atoms with Crippen LogP contribution in [0.3, 0.4) is 0 Å². The second-order valence-electron chi connectivity index (χ2n) is 9.49. The first-order chi connectivity index (χ1) is 20.2. The van der Waals surface area contributed by atoms with E-state index in [9.17, 15) is 22.4 Å². The molecule has 0 aromatic heterocycles. The normalized spacial score (nSPS) is 11.8. The molecule has 1 atom stereocenters. The Balaban J connectivity index is 1.76. The van der Waals surface area contributed by atoms with E-state index >= 15 is 0 Å². The van der Waals surface area contributed by atoms with Gasteiger partial charge in [0.25, 0.3) is 10.0 Å². The number of carbonyl (C=O) groups excluding carboxylic acids is 2. The van der Waals surface area contributed by atoms with E-state index in [0.717, 1.165) is 9.87 Å². The summed E-state index contributed by atoms with van der Waals surface area (Å²) in [4.78, 5) is 28.7. The van der Waals surface area contributed by atoms with Crippen molar-refractivity contribution < 1.29 is 27.1 Å². The zero-order chi connectivity index (χ0) is 30.1. The molecule has 0 unspecified atom stereocenters. The highest BCUT2D eigenvalue weighted by molar-refractivity contribution is 7.92. The third-order valence-corrected chi connectivity index (χ3v) is 8.54. The van der Waals surface area contributed by atoms with E-state index in [1.54, 1.807) is 30.3 Å². The van der Waals surface area contributed by atoms with Gasteiger partial charge in [-0.3, -0.25) is 13.9 Å². The molecule has 4 aromatic carbocycles. The van der Waals surface area contributed by atoms with E-state index in [1.807, 2.05) is 30.3 Å². The molecule has 0 aliphatic heterocycles. The van der Waals surface area contributed by atoms with E-state index in [-0.39, 0.29) is 23.5 Å². The van der Waals surface area contributed by atoms with Crippen molar-refractivity contribution in [3.63, 3.8) is 0 Å². The summed E-state index contributed by atoms with van der Waals surface area (Å²) < 4.78 is 47.7. The van der Waals surface area contributed by atoms with Crippen LogP contribution in [0.25, 0.3) is 0 Å². The zero-order valence-electron chi connectivity index (χ0n) is 23.3. The summed E-state index contributed by atoms with van der Waals surface area (Å²) in [7, 11) is -1.26. The SMILES string of the molecule is CNC(=O)[C@H](Cc1ccccc1)N(Cc1ccc(F)cc1)C(=O)CN(c1ccccc1)S(=O)(=O)c1ccc(OC)cc1. The van der Waals surface area contributed by atoms with Crippen LogP contribution < -0.4 is 14.4 Å². The average molecular weight is 590 g/mol. The van der Waals surface area contributed by atoms with Gasteiger partial charge in [-0.2, -0.15) is 0 Å². The van der Waals surface area contributed by atoms with Crippen LogP contribution in [0.4, 0.5) is 10.1 Å². The Kier molecular flexibility index (Phi) is 9.93. The van der Waals surface area contributed by atoms with E-state index in [2.05, 4.69) is 5.32 Å². The summed E-state index contributed by atoms with van der Waals surface area (Å²) in [6.45, 7) is -0.628. The number of anilines is 1. The molecule has 0 saturated heterocycles. The number of halogens is 1. The van der Waals surface area contributed by atoms with E-state index < -0.39 is 40.2 Å². The van der Waals surface area contributed by atoms with Gasteiger partial charge in [0.1, 0.15) is 24.2 Å². The number of hydrogen-bond donors (Lipinski definition) is 1. The van der Waals surface area contributed by atoms with Gasteiger partial charge in [-0.05, 0) is 59.7 Å². The largest absolute Gasteiger partial charge is 0.497 e. The highest BCUT2D eigenvalue weighted by Gasteiger charge is 2.34. The molecular weight excluding hydrogens is 557 g/mol. The standard InChI is InChI=1S/C32H32FN3O5S/c1-34-32(38)30(21-24-9-5-3-6-10-24)35(22-25-13-15-26(33)16-14-25)31(37)23-36(27-11-7-4-8-12-27)42(39,40)29-19-17-28(41-2)18-20-29/h3-20,30H,21-23H2,1-2H3,(H,34,38)/t30-/m0/s1. The van der Waals surface area contributed by atoms with Crippen LogP contribution in [-0.4, -0.2) is 51.9 Å². The predicted octanol–water partition coefficient (Wildman–Crippen LogP) is 4.42. The first-order valence-electron chi connectivity index (χ1n) is 13.2. The lowest BCUT2D eigenvalue weighted by Crippen LogP contribution is -2.53. The minimum Gasteiger partial charge on any atom is -0.497 e. The number of benzene rings is 4. The second kappa shape index (κ2) is 13.8. The quantitative estimate of drug-likeness (QED) is 0.264. The highest BCUT2D eigenvalue weighted by Crippen LogP contribution is 2.26. The summed E-state index contributed by atoms with van der Waals surface area (Å²) >= 11 is 0. The first kappa shape index (κ1) is 30.3. The third kappa shape index (κ3) is 7.32. The van der Waals surface area contributed by atoms with Gasteiger partial charge < -0.3 is 15.0 Å². The molecule has 218 valence electrons. The van der Waals surface area contributed by atoms with Crippen molar-refractivity contribution in [2.75, 3.05) is 25.0 Å². The van der Waals surface area contributed by atoms with Crippen molar-refractivity contribution in [1.29, 1.82) is 0 Å². The monoisotopic (exact) mass is 589 g/mol. The molecule has 42 heavy (non-hydrogen) atoms. The molecule has 8 nitrogen and oxygen atoms in total. The number of nitrogens with zero attached hydrogens (tertiary/aromatic N) is 2. The molecule has 0 aliphatic rings. The lowest BCUT2D eigenvalue weighted by atomic mass is 10.0. The summed E-state index contributed by atoms with van der Waals surface area (Å²) in [5.74, 6) is -0.982. The minimum atomic E-state index is -4.22. The van der Waals surface area contributed by atoms with Crippen molar-refractivity contribution in [2.24, 2.45) is 0 Å². The number of para-hydroxylation sites is 1. The number of likely N-dealkylation sites (N-methyl/N-ethyl adjacent to an activating group) is 1. The predicted molar refractivity (Wildman–Crippen MR) is 159 cm³/mol. The number of sulfonamides is 1. The molecule has 0 spiro atoms. The van der Waals surface area contributed by atoms with E-state index in [4.69, 9.17) is 4.74 Å². The fourth-order valence-corrected chi connectivity index (χ4v) is 5.92. The molecule has 0 heterocycles. The number of nitrogens with one attached hydrogen (secondary N) is 1. The van der Waals surface area contributed by atoms with Crippen LogP contribution in [0.1, 0.15) is 11.1 Å². The molecule has 10 heteroatoms. The van der Waals surface area contributed by atoms with Crippen molar-refractivity contribution in [1.82, 2.24) is 10.2 Å². The molecule has 0 saturated carbocycles. The van der Waals surface area contributed by atoms with Gasteiger partial charge in [-0.15, -0.1) is 0 Å². The Hall–Kier alpha value is -4.70. The number of carbonyl (C=O) groups is 2. The van der Waals surface area contributed by atoms with Crippen LogP contribution in [0.15, 0.2) is 114 Å². The zero-order valence-corrected chi connectivity index (χ0v) is 24.1. The molecule has 4 rings (SSSR count). The first-order valence-corrected chi connectivity index (χ1v) is 14.7. The Morgan fingerprint density at radius 2 is 1.43 bits per heavy atom. The summed E-state index contributed by atoms with van der Waals surface area (Å²) in [5.41, 5.74) is 1.67. The maximum absolute atomic E-state index is 14.2. The van der Waals surface area contributed by atoms with Crippen molar-refractivity contribution in [3.05, 3.63) is 126 Å². The van der Waals surface area contributed by atoms with Gasteiger partial charge in [0, 0.05) is 20.0 Å². The number of amides is 2.